The summed E-state index contributed by atoms with van der Waals surface area (Å²) in [6, 6.07) is 0. The highest BCUT2D eigenvalue weighted by molar-refractivity contribution is 5.85. The number of hydrogen-bond acceptors (Lipinski definition) is 3. The maximum absolute atomic E-state index is 13.3. The summed E-state index contributed by atoms with van der Waals surface area (Å²) in [6.45, 7) is 4.98. The molecule has 1 saturated heterocycles. The highest BCUT2D eigenvalue weighted by Gasteiger charge is 2.37. The predicted octanol–water partition coefficient (Wildman–Crippen LogP) is 2.02. The zero-order valence-electron chi connectivity index (χ0n) is 8.83. The Kier molecular flexibility index (Phi) is 2.21. The molecule has 0 aliphatic carbocycles. The maximum atomic E-state index is 13.3. The summed E-state index contributed by atoms with van der Waals surface area (Å²) in [5.41, 5.74) is 0.701. The van der Waals surface area contributed by atoms with Crippen LogP contribution in [0.4, 0.5) is 10.1 Å². The van der Waals surface area contributed by atoms with Crippen molar-refractivity contribution in [2.24, 2.45) is 0 Å². The van der Waals surface area contributed by atoms with E-state index in [1.165, 1.54) is 0 Å². The maximum Gasteiger partial charge on any atom is 0.155 e. The fourth-order valence-corrected chi connectivity index (χ4v) is 1.88. The zero-order valence-corrected chi connectivity index (χ0v) is 8.83. The number of carbonyl (C=O) groups excluding carboxylic acids is 1. The lowest BCUT2D eigenvalue weighted by Crippen LogP contribution is -2.56. The molecular formula is C11H13FN2O. The predicted molar refractivity (Wildman–Crippen MR) is 55.6 cm³/mol. The Labute approximate surface area is 87.9 Å². The van der Waals surface area contributed by atoms with Gasteiger partial charge in [-0.25, -0.2) is 4.39 Å². The molecule has 0 aromatic carbocycles. The third-order valence-electron chi connectivity index (χ3n) is 3.00. The van der Waals surface area contributed by atoms with Crippen LogP contribution in [0.3, 0.4) is 0 Å². The van der Waals surface area contributed by atoms with E-state index in [0.717, 1.165) is 19.2 Å². The number of hydrogen-bond donors (Lipinski definition) is 0. The third kappa shape index (κ3) is 1.50. The van der Waals surface area contributed by atoms with Gasteiger partial charge in [0.1, 0.15) is 0 Å². The fourth-order valence-electron chi connectivity index (χ4n) is 1.88. The molecule has 2 rings (SSSR count). The Morgan fingerprint density at radius 3 is 2.73 bits per heavy atom. The standard InChI is InChI=1S/C11H13FN2O/c1-11(2)3-4-14(11)10-6-13-5-9(12)8(10)7-15/h5-7H,3-4H2,1-2H3. The minimum atomic E-state index is -0.551. The van der Waals surface area contributed by atoms with Crippen molar-refractivity contribution >= 4 is 12.0 Å². The first-order valence-corrected chi connectivity index (χ1v) is 4.92. The van der Waals surface area contributed by atoms with Crippen LogP contribution in [-0.4, -0.2) is 23.4 Å². The van der Waals surface area contributed by atoms with Crippen LogP contribution in [0.5, 0.6) is 0 Å². The van der Waals surface area contributed by atoms with Crippen molar-refractivity contribution in [3.05, 3.63) is 23.8 Å². The molecule has 80 valence electrons. The molecule has 1 aromatic heterocycles. The van der Waals surface area contributed by atoms with Crippen LogP contribution < -0.4 is 4.90 Å². The highest BCUT2D eigenvalue weighted by atomic mass is 19.1. The smallest absolute Gasteiger partial charge is 0.155 e. The second kappa shape index (κ2) is 3.29. The first kappa shape index (κ1) is 10.1. The summed E-state index contributed by atoms with van der Waals surface area (Å²) in [5.74, 6) is -0.551. The van der Waals surface area contributed by atoms with E-state index in [4.69, 9.17) is 0 Å². The number of anilines is 1. The molecule has 1 fully saturated rings. The van der Waals surface area contributed by atoms with E-state index in [-0.39, 0.29) is 11.1 Å². The molecule has 0 radical (unpaired) electrons. The van der Waals surface area contributed by atoms with Crippen LogP contribution in [-0.2, 0) is 0 Å². The molecule has 0 unspecified atom stereocenters. The van der Waals surface area contributed by atoms with Gasteiger partial charge in [-0.15, -0.1) is 0 Å². The molecule has 1 aliphatic heterocycles. The van der Waals surface area contributed by atoms with Crippen molar-refractivity contribution in [3.63, 3.8) is 0 Å². The minimum Gasteiger partial charge on any atom is -0.364 e. The van der Waals surface area contributed by atoms with Gasteiger partial charge in [-0.05, 0) is 20.3 Å². The van der Waals surface area contributed by atoms with Crippen molar-refractivity contribution in [1.82, 2.24) is 4.98 Å². The Morgan fingerprint density at radius 2 is 2.27 bits per heavy atom. The SMILES string of the molecule is CC1(C)CCN1c1cncc(F)c1C=O. The van der Waals surface area contributed by atoms with Gasteiger partial charge in [0.05, 0.1) is 23.6 Å². The second-order valence-electron chi connectivity index (χ2n) is 4.39. The average Bonchev–Trinajstić information content (AvgIpc) is 2.17. The van der Waals surface area contributed by atoms with Gasteiger partial charge < -0.3 is 4.90 Å². The lowest BCUT2D eigenvalue weighted by Gasteiger charge is -2.50. The van der Waals surface area contributed by atoms with Crippen molar-refractivity contribution in [1.29, 1.82) is 0 Å². The quantitative estimate of drug-likeness (QED) is 0.697. The first-order chi connectivity index (χ1) is 7.06. The molecule has 0 amide bonds. The van der Waals surface area contributed by atoms with Gasteiger partial charge in [0.2, 0.25) is 0 Å². The molecule has 15 heavy (non-hydrogen) atoms. The summed E-state index contributed by atoms with van der Waals surface area (Å²) >= 11 is 0. The van der Waals surface area contributed by atoms with Crippen molar-refractivity contribution in [2.75, 3.05) is 11.4 Å². The van der Waals surface area contributed by atoms with Gasteiger partial charge in [0.25, 0.3) is 0 Å². The van der Waals surface area contributed by atoms with Gasteiger partial charge in [-0.2, -0.15) is 0 Å². The first-order valence-electron chi connectivity index (χ1n) is 4.92. The number of nitrogens with zero attached hydrogens (tertiary/aromatic N) is 2. The van der Waals surface area contributed by atoms with Gasteiger partial charge in [0, 0.05) is 12.1 Å². The number of halogens is 1. The fraction of sp³-hybridized carbons (Fsp3) is 0.455. The van der Waals surface area contributed by atoms with Crippen LogP contribution in [0.15, 0.2) is 12.4 Å². The Morgan fingerprint density at radius 1 is 1.53 bits per heavy atom. The molecule has 1 aromatic rings. The highest BCUT2D eigenvalue weighted by Crippen LogP contribution is 2.36. The molecule has 0 spiro atoms. The summed E-state index contributed by atoms with van der Waals surface area (Å²) in [7, 11) is 0. The summed E-state index contributed by atoms with van der Waals surface area (Å²) in [4.78, 5) is 16.6. The molecule has 0 saturated carbocycles. The number of aromatic nitrogens is 1. The summed E-state index contributed by atoms with van der Waals surface area (Å²) in [5, 5.41) is 0. The number of rotatable bonds is 2. The molecule has 0 bridgehead atoms. The van der Waals surface area contributed by atoms with E-state index in [0.29, 0.717) is 12.0 Å². The number of aldehydes is 1. The Balaban J connectivity index is 2.44. The van der Waals surface area contributed by atoms with Gasteiger partial charge in [0.15, 0.2) is 12.1 Å². The topological polar surface area (TPSA) is 33.2 Å². The number of pyridine rings is 1. The molecule has 4 heteroatoms. The third-order valence-corrected chi connectivity index (χ3v) is 3.00. The zero-order chi connectivity index (χ0) is 11.1. The molecule has 0 N–H and O–H groups in total. The van der Waals surface area contributed by atoms with Gasteiger partial charge in [-0.3, -0.25) is 9.78 Å². The van der Waals surface area contributed by atoms with Gasteiger partial charge in [-0.1, -0.05) is 0 Å². The van der Waals surface area contributed by atoms with Crippen LogP contribution in [0.1, 0.15) is 30.6 Å². The lowest BCUT2D eigenvalue weighted by molar-refractivity contribution is 0.111. The molecule has 1 aliphatic rings. The Bertz CT molecular complexity index is 404. The van der Waals surface area contributed by atoms with Crippen LogP contribution in [0, 0.1) is 5.82 Å². The van der Waals surface area contributed by atoms with E-state index >= 15 is 0 Å². The molecule has 2 heterocycles. The molecular weight excluding hydrogens is 195 g/mol. The monoisotopic (exact) mass is 208 g/mol. The largest absolute Gasteiger partial charge is 0.364 e. The summed E-state index contributed by atoms with van der Waals surface area (Å²) < 4.78 is 13.3. The van der Waals surface area contributed by atoms with E-state index in [1.54, 1.807) is 6.20 Å². The summed E-state index contributed by atoms with van der Waals surface area (Å²) in [6.07, 6.45) is 4.22. The number of carbonyl (C=O) groups is 1. The van der Waals surface area contributed by atoms with E-state index in [1.807, 2.05) is 4.90 Å². The van der Waals surface area contributed by atoms with Crippen LogP contribution in [0.2, 0.25) is 0 Å². The van der Waals surface area contributed by atoms with Crippen LogP contribution >= 0.6 is 0 Å². The van der Waals surface area contributed by atoms with Crippen molar-refractivity contribution in [3.8, 4) is 0 Å². The minimum absolute atomic E-state index is 0.00671. The van der Waals surface area contributed by atoms with E-state index < -0.39 is 5.82 Å². The van der Waals surface area contributed by atoms with Crippen LogP contribution in [0.25, 0.3) is 0 Å². The van der Waals surface area contributed by atoms with Gasteiger partial charge >= 0.3 is 0 Å². The second-order valence-corrected chi connectivity index (χ2v) is 4.39. The molecule has 0 atom stereocenters. The van der Waals surface area contributed by atoms with E-state index in [9.17, 15) is 9.18 Å². The molecule has 3 nitrogen and oxygen atoms in total. The normalized spacial score (nSPS) is 18.5. The van der Waals surface area contributed by atoms with Crippen molar-refractivity contribution < 1.29 is 9.18 Å². The Hall–Kier alpha value is -1.45. The van der Waals surface area contributed by atoms with Crippen molar-refractivity contribution in [2.45, 2.75) is 25.8 Å². The van der Waals surface area contributed by atoms with E-state index in [2.05, 4.69) is 18.8 Å². The average molecular weight is 208 g/mol. The lowest BCUT2D eigenvalue weighted by atomic mass is 9.88.